The Kier molecular flexibility index (Phi) is 7.96. The molecule has 0 saturated heterocycles. The number of nitrogens with zero attached hydrogens (tertiary/aromatic N) is 1. The molecule has 0 aliphatic rings. The van der Waals surface area contributed by atoms with Crippen LogP contribution in [-0.2, 0) is 19.6 Å². The van der Waals surface area contributed by atoms with Gasteiger partial charge in [-0.1, -0.05) is 27.7 Å². The van der Waals surface area contributed by atoms with Gasteiger partial charge in [-0.05, 0) is 20.0 Å². The van der Waals surface area contributed by atoms with Gasteiger partial charge in [0.1, 0.15) is 5.78 Å². The van der Waals surface area contributed by atoms with E-state index in [2.05, 4.69) is 0 Å². The third-order valence-corrected chi connectivity index (χ3v) is 4.14. The summed E-state index contributed by atoms with van der Waals surface area (Å²) >= 11 is 0. The van der Waals surface area contributed by atoms with Crippen LogP contribution in [0.15, 0.2) is 0 Å². The molecule has 0 spiro atoms. The monoisotopic (exact) mass is 306 g/mol. The minimum absolute atomic E-state index is 0.0217. The van der Waals surface area contributed by atoms with Crippen LogP contribution in [0.25, 0.3) is 0 Å². The Hall–Kier alpha value is -0.950. The Morgan fingerprint density at radius 3 is 2.10 bits per heavy atom. The normalized spacial score (nSPS) is 12.2. The van der Waals surface area contributed by atoms with Crippen molar-refractivity contribution in [2.24, 2.45) is 11.8 Å². The maximum atomic E-state index is 11.6. The number of sulfonamides is 1. The topological polar surface area (TPSA) is 83.6 Å². The molecule has 0 aromatic carbocycles. The largest absolute Gasteiger partial charge is 0.299 e. The fraction of sp³-hybridized carbons (Fsp3) is 0.846. The quantitative estimate of drug-likeness (QED) is 0.675. The molecule has 0 radical (unpaired) electrons. The van der Waals surface area contributed by atoms with Gasteiger partial charge in [0.15, 0.2) is 0 Å². The van der Waals surface area contributed by atoms with Gasteiger partial charge in [0, 0.05) is 11.8 Å². The van der Waals surface area contributed by atoms with E-state index in [1.165, 1.54) is 0 Å². The number of likely N-dealkylation sites (N-methyl/N-ethyl adjacent to an activating group) is 1. The lowest BCUT2D eigenvalue weighted by Gasteiger charge is -2.17. The molecule has 0 saturated carbocycles. The van der Waals surface area contributed by atoms with E-state index in [9.17, 15) is 18.0 Å². The van der Waals surface area contributed by atoms with Crippen LogP contribution in [0.1, 0.15) is 34.1 Å². The van der Waals surface area contributed by atoms with Crippen LogP contribution < -0.4 is 4.72 Å². The maximum absolute atomic E-state index is 11.6. The minimum Gasteiger partial charge on any atom is -0.299 e. The third kappa shape index (κ3) is 8.27. The van der Waals surface area contributed by atoms with Crippen molar-refractivity contribution in [2.75, 3.05) is 25.9 Å². The van der Waals surface area contributed by atoms with Crippen molar-refractivity contribution in [2.45, 2.75) is 34.1 Å². The molecule has 0 atom stereocenters. The Morgan fingerprint density at radius 2 is 1.65 bits per heavy atom. The molecule has 118 valence electrons. The molecular weight excluding hydrogens is 280 g/mol. The number of carbonyl (C=O) groups is 2. The summed E-state index contributed by atoms with van der Waals surface area (Å²) in [7, 11) is -1.80. The van der Waals surface area contributed by atoms with Gasteiger partial charge in [-0.15, -0.1) is 0 Å². The van der Waals surface area contributed by atoms with Crippen molar-refractivity contribution in [3.8, 4) is 0 Å². The van der Waals surface area contributed by atoms with E-state index >= 15 is 0 Å². The lowest BCUT2D eigenvalue weighted by Crippen LogP contribution is -2.36. The lowest BCUT2D eigenvalue weighted by atomic mass is 10.1. The summed E-state index contributed by atoms with van der Waals surface area (Å²) in [4.78, 5) is 24.6. The van der Waals surface area contributed by atoms with Crippen molar-refractivity contribution in [3.05, 3.63) is 0 Å². The standard InChI is InChI=1S/C13H26N2O4S/c1-10(2)12(16)9-15(5)7-6-8-20(18,19)14-13(17)11(3)4/h10-11H,6-9H2,1-5H3,(H,14,17). The Labute approximate surface area is 122 Å². The molecule has 7 heteroatoms. The van der Waals surface area contributed by atoms with Crippen LogP contribution in [0.5, 0.6) is 0 Å². The van der Waals surface area contributed by atoms with E-state index in [4.69, 9.17) is 0 Å². The average molecular weight is 306 g/mol. The summed E-state index contributed by atoms with van der Waals surface area (Å²) in [5.41, 5.74) is 0. The number of hydrogen-bond donors (Lipinski definition) is 1. The fourth-order valence-corrected chi connectivity index (χ4v) is 2.53. The zero-order valence-electron chi connectivity index (χ0n) is 13.0. The van der Waals surface area contributed by atoms with Crippen LogP contribution in [0.4, 0.5) is 0 Å². The predicted octanol–water partition coefficient (Wildman–Crippen LogP) is 0.635. The molecule has 0 aromatic heterocycles. The average Bonchev–Trinajstić information content (AvgIpc) is 2.27. The number of Topliss-reactive ketones (excluding diaryl/α,β-unsaturated/α-hetero) is 1. The maximum Gasteiger partial charge on any atom is 0.235 e. The molecule has 0 aromatic rings. The molecule has 0 fully saturated rings. The first-order valence-corrected chi connectivity index (χ1v) is 8.46. The summed E-state index contributed by atoms with van der Waals surface area (Å²) in [6.45, 7) is 7.75. The van der Waals surface area contributed by atoms with Crippen LogP contribution in [0.2, 0.25) is 0 Å². The van der Waals surface area contributed by atoms with Gasteiger partial charge in [-0.25, -0.2) is 8.42 Å². The zero-order chi connectivity index (χ0) is 15.9. The lowest BCUT2D eigenvalue weighted by molar-refractivity contribution is -0.123. The number of rotatable bonds is 9. The first-order chi connectivity index (χ1) is 9.05. The van der Waals surface area contributed by atoms with E-state index in [0.717, 1.165) is 0 Å². The Balaban J connectivity index is 4.11. The molecule has 0 aliphatic carbocycles. The van der Waals surface area contributed by atoms with Gasteiger partial charge in [-0.2, -0.15) is 0 Å². The van der Waals surface area contributed by atoms with E-state index < -0.39 is 15.9 Å². The highest BCUT2D eigenvalue weighted by Crippen LogP contribution is 1.99. The van der Waals surface area contributed by atoms with Gasteiger partial charge < -0.3 is 0 Å². The SMILES string of the molecule is CC(C)C(=O)CN(C)CCCS(=O)(=O)NC(=O)C(C)C. The van der Waals surface area contributed by atoms with Gasteiger partial charge in [0.05, 0.1) is 12.3 Å². The Morgan fingerprint density at radius 1 is 1.10 bits per heavy atom. The molecule has 6 nitrogen and oxygen atoms in total. The highest BCUT2D eigenvalue weighted by Gasteiger charge is 2.17. The van der Waals surface area contributed by atoms with Crippen molar-refractivity contribution in [1.29, 1.82) is 0 Å². The molecule has 0 bridgehead atoms. The number of hydrogen-bond acceptors (Lipinski definition) is 5. The number of ketones is 1. The zero-order valence-corrected chi connectivity index (χ0v) is 13.8. The molecule has 1 N–H and O–H groups in total. The van der Waals surface area contributed by atoms with Crippen molar-refractivity contribution >= 4 is 21.7 Å². The molecule has 20 heavy (non-hydrogen) atoms. The second kappa shape index (κ2) is 8.36. The molecular formula is C13H26N2O4S. The number of nitrogens with one attached hydrogen (secondary N) is 1. The molecule has 0 unspecified atom stereocenters. The summed E-state index contributed by atoms with van der Waals surface area (Å²) in [5.74, 6) is -0.870. The number of amides is 1. The van der Waals surface area contributed by atoms with E-state index in [0.29, 0.717) is 19.5 Å². The molecule has 0 rings (SSSR count). The van der Waals surface area contributed by atoms with Gasteiger partial charge >= 0.3 is 0 Å². The van der Waals surface area contributed by atoms with E-state index in [1.807, 2.05) is 18.6 Å². The van der Waals surface area contributed by atoms with Crippen LogP contribution in [0.3, 0.4) is 0 Å². The first kappa shape index (κ1) is 19.1. The number of carbonyl (C=O) groups excluding carboxylic acids is 2. The summed E-state index contributed by atoms with van der Waals surface area (Å²) in [5, 5.41) is 0. The fourth-order valence-electron chi connectivity index (χ4n) is 1.37. The second-order valence-corrected chi connectivity index (χ2v) is 7.49. The molecule has 0 aliphatic heterocycles. The van der Waals surface area contributed by atoms with Gasteiger partial charge in [0.25, 0.3) is 0 Å². The van der Waals surface area contributed by atoms with E-state index in [1.54, 1.807) is 25.8 Å². The summed E-state index contributed by atoms with van der Waals surface area (Å²) < 4.78 is 25.3. The second-order valence-electron chi connectivity index (χ2n) is 5.65. The Bertz CT molecular complexity index is 430. The van der Waals surface area contributed by atoms with Crippen LogP contribution >= 0.6 is 0 Å². The minimum atomic E-state index is -3.58. The smallest absolute Gasteiger partial charge is 0.235 e. The van der Waals surface area contributed by atoms with Crippen molar-refractivity contribution in [3.63, 3.8) is 0 Å². The van der Waals surface area contributed by atoms with E-state index in [-0.39, 0.29) is 23.4 Å². The molecule has 0 heterocycles. The highest BCUT2D eigenvalue weighted by molar-refractivity contribution is 7.90. The van der Waals surface area contributed by atoms with Crippen molar-refractivity contribution < 1.29 is 18.0 Å². The van der Waals surface area contributed by atoms with Crippen molar-refractivity contribution in [1.82, 2.24) is 9.62 Å². The first-order valence-electron chi connectivity index (χ1n) is 6.80. The van der Waals surface area contributed by atoms with Gasteiger partial charge in [-0.3, -0.25) is 19.2 Å². The van der Waals surface area contributed by atoms with Gasteiger partial charge in [0.2, 0.25) is 15.9 Å². The van der Waals surface area contributed by atoms with Crippen LogP contribution in [-0.4, -0.2) is 50.9 Å². The third-order valence-electron chi connectivity index (χ3n) is 2.80. The summed E-state index contributed by atoms with van der Waals surface area (Å²) in [6.07, 6.45) is 0.378. The van der Waals surface area contributed by atoms with Crippen LogP contribution in [0, 0.1) is 11.8 Å². The predicted molar refractivity (Wildman–Crippen MR) is 78.7 cm³/mol. The highest BCUT2D eigenvalue weighted by atomic mass is 32.2. The molecule has 1 amide bonds. The summed E-state index contributed by atoms with van der Waals surface area (Å²) in [6, 6.07) is 0.